The number of carbonyl (C=O) groups excluding carboxylic acids is 1. The van der Waals surface area contributed by atoms with Gasteiger partial charge in [-0.25, -0.2) is 12.8 Å². The molecule has 1 saturated heterocycles. The molecule has 1 heterocycles. The second-order valence-electron chi connectivity index (χ2n) is 7.77. The first-order valence-corrected chi connectivity index (χ1v) is 11.7. The molecule has 0 aromatic heterocycles. The average Bonchev–Trinajstić information content (AvgIpc) is 2.69. The van der Waals surface area contributed by atoms with Gasteiger partial charge in [0.1, 0.15) is 5.82 Å². The summed E-state index contributed by atoms with van der Waals surface area (Å²) in [4.78, 5) is 15.3. The maximum atomic E-state index is 13.1. The third kappa shape index (κ3) is 5.87. The second kappa shape index (κ2) is 9.05. The van der Waals surface area contributed by atoms with E-state index < -0.39 is 9.84 Å². The third-order valence-corrected chi connectivity index (χ3v) is 6.49. The van der Waals surface area contributed by atoms with Gasteiger partial charge in [-0.15, -0.1) is 0 Å². The molecule has 0 radical (unpaired) electrons. The van der Waals surface area contributed by atoms with Crippen molar-refractivity contribution in [3.8, 4) is 0 Å². The fourth-order valence-corrected chi connectivity index (χ4v) is 4.31. The summed E-state index contributed by atoms with van der Waals surface area (Å²) in [6.07, 6.45) is 2.95. The van der Waals surface area contributed by atoms with E-state index in [1.54, 1.807) is 36.4 Å². The molecule has 7 heteroatoms. The Kier molecular flexibility index (Phi) is 6.70. The lowest BCUT2D eigenvalue weighted by Gasteiger charge is -2.32. The number of rotatable bonds is 6. The van der Waals surface area contributed by atoms with Gasteiger partial charge in [-0.3, -0.25) is 9.69 Å². The SMILES string of the molecule is C[C@H](NC(=O)[C@H]1CCCN(Cc2ccc(F)cc2)C1)c1ccc(S(C)(=O)=O)cc1. The van der Waals surface area contributed by atoms with Crippen LogP contribution >= 0.6 is 0 Å². The van der Waals surface area contributed by atoms with Crippen molar-refractivity contribution in [1.29, 1.82) is 0 Å². The molecule has 0 spiro atoms. The molecule has 2 atom stereocenters. The van der Waals surface area contributed by atoms with Crippen LogP contribution in [0.25, 0.3) is 0 Å². The van der Waals surface area contributed by atoms with E-state index in [1.165, 1.54) is 18.4 Å². The number of benzene rings is 2. The highest BCUT2D eigenvalue weighted by molar-refractivity contribution is 7.90. The molecule has 1 amide bonds. The number of nitrogens with zero attached hydrogens (tertiary/aromatic N) is 1. The first-order chi connectivity index (χ1) is 13.7. The maximum absolute atomic E-state index is 13.1. The highest BCUT2D eigenvalue weighted by Crippen LogP contribution is 2.21. The number of sulfone groups is 1. The van der Waals surface area contributed by atoms with Gasteiger partial charge in [0.2, 0.25) is 5.91 Å². The summed E-state index contributed by atoms with van der Waals surface area (Å²) in [5, 5.41) is 3.05. The normalized spacial score (nSPS) is 18.9. The minimum absolute atomic E-state index is 0.00787. The van der Waals surface area contributed by atoms with Gasteiger partial charge < -0.3 is 5.32 Å². The number of likely N-dealkylation sites (tertiary alicyclic amines) is 1. The summed E-state index contributed by atoms with van der Waals surface area (Å²) in [5.41, 5.74) is 1.90. The Labute approximate surface area is 171 Å². The molecular formula is C22H27FN2O3S. The molecule has 1 aliphatic rings. The first-order valence-electron chi connectivity index (χ1n) is 9.79. The predicted octanol–water partition coefficient (Wildman–Crippen LogP) is 3.32. The largest absolute Gasteiger partial charge is 0.349 e. The molecule has 156 valence electrons. The molecule has 1 fully saturated rings. The molecule has 1 aliphatic heterocycles. The van der Waals surface area contributed by atoms with E-state index >= 15 is 0 Å². The number of amides is 1. The zero-order valence-corrected chi connectivity index (χ0v) is 17.6. The van der Waals surface area contributed by atoms with Crippen LogP contribution in [0.15, 0.2) is 53.4 Å². The summed E-state index contributed by atoms with van der Waals surface area (Å²) in [6, 6.07) is 12.9. The quantitative estimate of drug-likeness (QED) is 0.782. The van der Waals surface area contributed by atoms with E-state index in [2.05, 4.69) is 10.2 Å². The van der Waals surface area contributed by atoms with Gasteiger partial charge in [0.15, 0.2) is 9.84 Å². The van der Waals surface area contributed by atoms with Crippen LogP contribution < -0.4 is 5.32 Å². The maximum Gasteiger partial charge on any atom is 0.224 e. The van der Waals surface area contributed by atoms with Crippen LogP contribution in [0.2, 0.25) is 0 Å². The van der Waals surface area contributed by atoms with Crippen LogP contribution in [-0.2, 0) is 21.2 Å². The Bertz CT molecular complexity index is 943. The zero-order valence-electron chi connectivity index (χ0n) is 16.8. The lowest BCUT2D eigenvalue weighted by molar-refractivity contribution is -0.127. The van der Waals surface area contributed by atoms with E-state index in [-0.39, 0.29) is 28.6 Å². The molecule has 0 unspecified atom stereocenters. The highest BCUT2D eigenvalue weighted by Gasteiger charge is 2.26. The predicted molar refractivity (Wildman–Crippen MR) is 111 cm³/mol. The van der Waals surface area contributed by atoms with E-state index in [9.17, 15) is 17.6 Å². The number of hydrogen-bond acceptors (Lipinski definition) is 4. The highest BCUT2D eigenvalue weighted by atomic mass is 32.2. The fraction of sp³-hybridized carbons (Fsp3) is 0.409. The van der Waals surface area contributed by atoms with Crippen LogP contribution in [0, 0.1) is 11.7 Å². The molecule has 5 nitrogen and oxygen atoms in total. The summed E-state index contributed by atoms with van der Waals surface area (Å²) in [6.45, 7) is 4.19. The Balaban J connectivity index is 1.57. The van der Waals surface area contributed by atoms with Crippen LogP contribution in [0.5, 0.6) is 0 Å². The van der Waals surface area contributed by atoms with Crippen molar-refractivity contribution < 1.29 is 17.6 Å². The number of nitrogens with one attached hydrogen (secondary N) is 1. The van der Waals surface area contributed by atoms with E-state index in [1.807, 2.05) is 6.92 Å². The van der Waals surface area contributed by atoms with Crippen molar-refractivity contribution in [2.24, 2.45) is 5.92 Å². The van der Waals surface area contributed by atoms with Crippen LogP contribution in [-0.4, -0.2) is 38.6 Å². The van der Waals surface area contributed by atoms with E-state index in [0.717, 1.165) is 30.5 Å². The van der Waals surface area contributed by atoms with Crippen LogP contribution in [0.1, 0.15) is 36.9 Å². The smallest absolute Gasteiger partial charge is 0.224 e. The van der Waals surface area contributed by atoms with Crippen molar-refractivity contribution in [2.45, 2.75) is 37.2 Å². The minimum atomic E-state index is -3.23. The Hall–Kier alpha value is -2.25. The number of piperidine rings is 1. The minimum Gasteiger partial charge on any atom is -0.349 e. The zero-order chi connectivity index (χ0) is 21.0. The van der Waals surface area contributed by atoms with Crippen LogP contribution in [0.4, 0.5) is 4.39 Å². The lowest BCUT2D eigenvalue weighted by atomic mass is 9.96. The van der Waals surface area contributed by atoms with Crippen molar-refractivity contribution in [2.75, 3.05) is 19.3 Å². The average molecular weight is 419 g/mol. The molecule has 0 aliphatic carbocycles. The number of halogens is 1. The van der Waals surface area contributed by atoms with Gasteiger partial charge in [0, 0.05) is 19.3 Å². The molecule has 2 aromatic rings. The summed E-state index contributed by atoms with van der Waals surface area (Å²) < 4.78 is 36.2. The Morgan fingerprint density at radius 1 is 1.17 bits per heavy atom. The molecule has 0 saturated carbocycles. The third-order valence-electron chi connectivity index (χ3n) is 5.36. The monoisotopic (exact) mass is 418 g/mol. The molecule has 3 rings (SSSR count). The molecule has 1 N–H and O–H groups in total. The van der Waals surface area contributed by atoms with Gasteiger partial charge >= 0.3 is 0 Å². The van der Waals surface area contributed by atoms with E-state index in [4.69, 9.17) is 0 Å². The van der Waals surface area contributed by atoms with Crippen molar-refractivity contribution in [3.63, 3.8) is 0 Å². The summed E-state index contributed by atoms with van der Waals surface area (Å²) >= 11 is 0. The Morgan fingerprint density at radius 2 is 1.83 bits per heavy atom. The molecule has 29 heavy (non-hydrogen) atoms. The molecular weight excluding hydrogens is 391 g/mol. The fourth-order valence-electron chi connectivity index (χ4n) is 3.68. The first kappa shape index (κ1) is 21.5. The van der Waals surface area contributed by atoms with Gasteiger partial charge in [-0.1, -0.05) is 24.3 Å². The van der Waals surface area contributed by atoms with Crippen molar-refractivity contribution >= 4 is 15.7 Å². The van der Waals surface area contributed by atoms with Crippen molar-refractivity contribution in [1.82, 2.24) is 10.2 Å². The van der Waals surface area contributed by atoms with E-state index in [0.29, 0.717) is 13.1 Å². The Morgan fingerprint density at radius 3 is 2.45 bits per heavy atom. The van der Waals surface area contributed by atoms with Gasteiger partial charge in [0.25, 0.3) is 0 Å². The van der Waals surface area contributed by atoms with Gasteiger partial charge in [-0.2, -0.15) is 0 Å². The molecule has 0 bridgehead atoms. The van der Waals surface area contributed by atoms with Gasteiger partial charge in [-0.05, 0) is 61.7 Å². The number of hydrogen-bond donors (Lipinski definition) is 1. The topological polar surface area (TPSA) is 66.5 Å². The molecule has 2 aromatic carbocycles. The van der Waals surface area contributed by atoms with Crippen LogP contribution in [0.3, 0.4) is 0 Å². The summed E-state index contributed by atoms with van der Waals surface area (Å²) in [5.74, 6) is -0.335. The number of carbonyl (C=O) groups is 1. The van der Waals surface area contributed by atoms with Crippen molar-refractivity contribution in [3.05, 3.63) is 65.5 Å². The van der Waals surface area contributed by atoms with Gasteiger partial charge in [0.05, 0.1) is 16.9 Å². The lowest BCUT2D eigenvalue weighted by Crippen LogP contribution is -2.43. The second-order valence-corrected chi connectivity index (χ2v) is 9.79. The summed E-state index contributed by atoms with van der Waals surface area (Å²) in [7, 11) is -3.23. The standard InChI is InChI=1S/C22H27FN2O3S/c1-16(18-7-11-21(12-8-18)29(2,27)28)24-22(26)19-4-3-13-25(15-19)14-17-5-9-20(23)10-6-17/h5-12,16,19H,3-4,13-15H2,1-2H3,(H,24,26)/t16-,19-/m0/s1.